The zero-order chi connectivity index (χ0) is 21.4. The molecule has 1 fully saturated rings. The zero-order valence-corrected chi connectivity index (χ0v) is 16.8. The summed E-state index contributed by atoms with van der Waals surface area (Å²) in [7, 11) is 1.37. The molecule has 10 heteroatoms. The van der Waals surface area contributed by atoms with Crippen molar-refractivity contribution in [3.8, 4) is 5.75 Å². The van der Waals surface area contributed by atoms with Crippen LogP contribution >= 0.6 is 0 Å². The van der Waals surface area contributed by atoms with E-state index >= 15 is 0 Å². The van der Waals surface area contributed by atoms with E-state index in [0.29, 0.717) is 12.5 Å². The standard InChI is InChI=1S/C21H20FN7O2/c1-31-18-6-7-23-16(20(18)22)8-24-21(30)17-12-29(27-26-17)11-15-10-28-9-14(13-2-3-13)4-5-19(28)25-15/h4-7,9-10,12-13H,2-3,8,11H2,1H3,(H,24,30). The smallest absolute Gasteiger partial charge is 0.273 e. The van der Waals surface area contributed by atoms with Crippen molar-refractivity contribution in [3.63, 3.8) is 0 Å². The maximum Gasteiger partial charge on any atom is 0.273 e. The van der Waals surface area contributed by atoms with Gasteiger partial charge in [0.05, 0.1) is 37.8 Å². The highest BCUT2D eigenvalue weighted by Gasteiger charge is 2.23. The van der Waals surface area contributed by atoms with Crippen molar-refractivity contribution in [2.75, 3.05) is 7.11 Å². The van der Waals surface area contributed by atoms with E-state index in [1.807, 2.05) is 16.7 Å². The predicted molar refractivity (Wildman–Crippen MR) is 108 cm³/mol. The van der Waals surface area contributed by atoms with Crippen LogP contribution in [0.2, 0.25) is 0 Å². The van der Waals surface area contributed by atoms with Gasteiger partial charge in [0.15, 0.2) is 17.3 Å². The van der Waals surface area contributed by atoms with Crippen molar-refractivity contribution in [1.29, 1.82) is 0 Å². The van der Waals surface area contributed by atoms with Gasteiger partial charge in [-0.1, -0.05) is 11.3 Å². The summed E-state index contributed by atoms with van der Waals surface area (Å²) < 4.78 is 22.6. The van der Waals surface area contributed by atoms with Crippen LogP contribution in [-0.4, -0.2) is 42.4 Å². The second kappa shape index (κ2) is 7.78. The van der Waals surface area contributed by atoms with Crippen molar-refractivity contribution < 1.29 is 13.9 Å². The third-order valence-corrected chi connectivity index (χ3v) is 5.23. The molecule has 4 heterocycles. The van der Waals surface area contributed by atoms with Crippen LogP contribution in [-0.2, 0) is 13.1 Å². The number of carbonyl (C=O) groups excluding carboxylic acids is 1. The Kier molecular flexibility index (Phi) is 4.81. The van der Waals surface area contributed by atoms with Gasteiger partial charge in [-0.2, -0.15) is 0 Å². The quantitative estimate of drug-likeness (QED) is 0.492. The molecule has 1 saturated carbocycles. The minimum absolute atomic E-state index is 0.0712. The zero-order valence-electron chi connectivity index (χ0n) is 16.8. The maximum atomic E-state index is 14.2. The molecule has 5 rings (SSSR count). The first-order valence-electron chi connectivity index (χ1n) is 9.94. The van der Waals surface area contributed by atoms with E-state index in [4.69, 9.17) is 4.74 Å². The molecule has 31 heavy (non-hydrogen) atoms. The van der Waals surface area contributed by atoms with Crippen LogP contribution in [0, 0.1) is 5.82 Å². The molecule has 1 N–H and O–H groups in total. The molecule has 0 radical (unpaired) electrons. The molecule has 1 aliphatic carbocycles. The Balaban J connectivity index is 1.24. The van der Waals surface area contributed by atoms with Crippen molar-refractivity contribution >= 4 is 11.6 Å². The fraction of sp³-hybridized carbons (Fsp3) is 0.286. The number of rotatable bonds is 7. The van der Waals surface area contributed by atoms with Crippen molar-refractivity contribution in [3.05, 3.63) is 71.4 Å². The number of carbonyl (C=O) groups is 1. The highest BCUT2D eigenvalue weighted by atomic mass is 19.1. The summed E-state index contributed by atoms with van der Waals surface area (Å²) in [6.07, 6.45) is 9.52. The number of ether oxygens (including phenoxy) is 1. The number of nitrogens with one attached hydrogen (secondary N) is 1. The number of nitrogens with zero attached hydrogens (tertiary/aromatic N) is 6. The molecule has 0 unspecified atom stereocenters. The summed E-state index contributed by atoms with van der Waals surface area (Å²) in [6.45, 7) is 0.289. The lowest BCUT2D eigenvalue weighted by Gasteiger charge is -2.06. The molecule has 4 aromatic heterocycles. The summed E-state index contributed by atoms with van der Waals surface area (Å²) in [4.78, 5) is 20.9. The second-order valence-electron chi connectivity index (χ2n) is 7.49. The van der Waals surface area contributed by atoms with Gasteiger partial charge in [-0.05, 0) is 30.4 Å². The van der Waals surface area contributed by atoms with Crippen LogP contribution in [0.5, 0.6) is 5.75 Å². The number of aromatic nitrogens is 6. The van der Waals surface area contributed by atoms with Gasteiger partial charge in [0, 0.05) is 24.7 Å². The molecule has 0 saturated heterocycles. The lowest BCUT2D eigenvalue weighted by Crippen LogP contribution is -2.24. The van der Waals surface area contributed by atoms with Crippen molar-refractivity contribution in [1.82, 2.24) is 34.7 Å². The molecule has 9 nitrogen and oxygen atoms in total. The molecule has 1 aliphatic rings. The third-order valence-electron chi connectivity index (χ3n) is 5.23. The van der Waals surface area contributed by atoms with Gasteiger partial charge in [-0.25, -0.2) is 14.1 Å². The van der Waals surface area contributed by atoms with Gasteiger partial charge in [-0.15, -0.1) is 5.10 Å². The number of amides is 1. The van der Waals surface area contributed by atoms with Crippen LogP contribution in [0.1, 0.15) is 46.2 Å². The number of hydrogen-bond acceptors (Lipinski definition) is 6. The Morgan fingerprint density at radius 1 is 1.26 bits per heavy atom. The van der Waals surface area contributed by atoms with E-state index < -0.39 is 11.7 Å². The van der Waals surface area contributed by atoms with E-state index in [9.17, 15) is 9.18 Å². The highest BCUT2D eigenvalue weighted by Crippen LogP contribution is 2.39. The minimum atomic E-state index is -0.606. The van der Waals surface area contributed by atoms with Gasteiger partial charge in [0.25, 0.3) is 5.91 Å². The fourth-order valence-corrected chi connectivity index (χ4v) is 3.44. The maximum absolute atomic E-state index is 14.2. The van der Waals surface area contributed by atoms with Crippen LogP contribution in [0.3, 0.4) is 0 Å². The molecular formula is C21H20FN7O2. The molecule has 0 atom stereocenters. The Morgan fingerprint density at radius 2 is 2.13 bits per heavy atom. The van der Waals surface area contributed by atoms with Crippen LogP contribution in [0.4, 0.5) is 4.39 Å². The third kappa shape index (κ3) is 3.96. The number of hydrogen-bond donors (Lipinski definition) is 1. The lowest BCUT2D eigenvalue weighted by atomic mass is 10.2. The van der Waals surface area contributed by atoms with E-state index in [-0.39, 0.29) is 23.7 Å². The van der Waals surface area contributed by atoms with E-state index in [1.165, 1.54) is 44.0 Å². The number of fused-ring (bicyclic) bond motifs is 1. The SMILES string of the molecule is COc1ccnc(CNC(=O)c2cn(Cc3cn4cc(C5CC5)ccc4n3)nn2)c1F. The molecule has 0 aliphatic heterocycles. The molecule has 4 aromatic rings. The number of imidazole rings is 1. The predicted octanol–water partition coefficient (Wildman–Crippen LogP) is 2.32. The van der Waals surface area contributed by atoms with Crippen LogP contribution in [0.25, 0.3) is 5.65 Å². The lowest BCUT2D eigenvalue weighted by molar-refractivity contribution is 0.0945. The largest absolute Gasteiger partial charge is 0.494 e. The minimum Gasteiger partial charge on any atom is -0.494 e. The summed E-state index contributed by atoms with van der Waals surface area (Å²) in [6, 6.07) is 5.56. The first-order valence-corrected chi connectivity index (χ1v) is 9.94. The molecule has 0 spiro atoms. The summed E-state index contributed by atoms with van der Waals surface area (Å²) >= 11 is 0. The first-order chi connectivity index (χ1) is 15.1. The van der Waals surface area contributed by atoms with Gasteiger partial charge in [0.1, 0.15) is 5.65 Å². The van der Waals surface area contributed by atoms with Crippen molar-refractivity contribution in [2.24, 2.45) is 0 Å². The topological polar surface area (TPSA) is 99.2 Å². The Labute approximate surface area is 176 Å². The average Bonchev–Trinajstić information content (AvgIpc) is 3.39. The molecular weight excluding hydrogens is 401 g/mol. The molecule has 0 bridgehead atoms. The van der Waals surface area contributed by atoms with Crippen molar-refractivity contribution in [2.45, 2.75) is 31.8 Å². The Hall–Kier alpha value is -3.82. The normalized spacial score (nSPS) is 13.5. The monoisotopic (exact) mass is 421 g/mol. The second-order valence-corrected chi connectivity index (χ2v) is 7.49. The number of methoxy groups -OCH3 is 1. The summed E-state index contributed by atoms with van der Waals surface area (Å²) in [5.74, 6) is -0.334. The Morgan fingerprint density at radius 3 is 2.94 bits per heavy atom. The van der Waals surface area contributed by atoms with Gasteiger partial charge in [-0.3, -0.25) is 9.78 Å². The van der Waals surface area contributed by atoms with Gasteiger partial charge < -0.3 is 14.5 Å². The van der Waals surface area contributed by atoms with E-state index in [1.54, 1.807) is 4.68 Å². The van der Waals surface area contributed by atoms with Crippen LogP contribution < -0.4 is 10.1 Å². The van der Waals surface area contributed by atoms with Gasteiger partial charge in [0.2, 0.25) is 0 Å². The fourth-order valence-electron chi connectivity index (χ4n) is 3.44. The van der Waals surface area contributed by atoms with Crippen LogP contribution in [0.15, 0.2) is 43.0 Å². The summed E-state index contributed by atoms with van der Waals surface area (Å²) in [5, 5.41) is 10.5. The number of halogens is 1. The highest BCUT2D eigenvalue weighted by molar-refractivity contribution is 5.91. The average molecular weight is 421 g/mol. The summed E-state index contributed by atoms with van der Waals surface area (Å²) in [5.41, 5.74) is 3.22. The number of pyridine rings is 2. The van der Waals surface area contributed by atoms with Gasteiger partial charge >= 0.3 is 0 Å². The Bertz CT molecular complexity index is 1260. The molecule has 1 amide bonds. The van der Waals surface area contributed by atoms with E-state index in [0.717, 1.165) is 11.3 Å². The molecule has 0 aromatic carbocycles. The van der Waals surface area contributed by atoms with E-state index in [2.05, 4.69) is 37.9 Å². The first kappa shape index (κ1) is 19.2. The molecule has 158 valence electrons.